The molecule has 0 saturated heterocycles. The van der Waals surface area contributed by atoms with Gasteiger partial charge in [-0.25, -0.2) is 0 Å². The van der Waals surface area contributed by atoms with Crippen LogP contribution in [0.15, 0.2) is 40.8 Å². The fourth-order valence-electron chi connectivity index (χ4n) is 1.93. The highest BCUT2D eigenvalue weighted by atomic mass is 35.5. The van der Waals surface area contributed by atoms with E-state index >= 15 is 0 Å². The van der Waals surface area contributed by atoms with Crippen molar-refractivity contribution < 1.29 is 14.6 Å². The minimum absolute atomic E-state index is 0.726. The number of halogens is 1. The summed E-state index contributed by atoms with van der Waals surface area (Å²) in [5.74, 6) is 1.83. The molecule has 0 atom stereocenters. The molecule has 0 amide bonds. The van der Waals surface area contributed by atoms with E-state index < -0.39 is 0 Å². The third kappa shape index (κ3) is 4.10. The van der Waals surface area contributed by atoms with Gasteiger partial charge in [-0.05, 0) is 24.3 Å². The molecular weight excluding hydrogens is 260 g/mol. The van der Waals surface area contributed by atoms with Crippen LogP contribution in [-0.4, -0.2) is 27.2 Å². The molecule has 2 aromatic rings. The molecule has 19 heavy (non-hydrogen) atoms. The second kappa shape index (κ2) is 6.75. The molecule has 0 unspecified atom stereocenters. The van der Waals surface area contributed by atoms with Crippen molar-refractivity contribution in [2.24, 2.45) is 0 Å². The predicted molar refractivity (Wildman–Crippen MR) is 77.3 cm³/mol. The van der Waals surface area contributed by atoms with Crippen molar-refractivity contribution in [2.75, 3.05) is 27.2 Å². The van der Waals surface area contributed by atoms with Crippen molar-refractivity contribution in [3.8, 4) is 11.3 Å². The van der Waals surface area contributed by atoms with Crippen LogP contribution in [0.25, 0.3) is 11.3 Å². The van der Waals surface area contributed by atoms with Crippen LogP contribution in [0.3, 0.4) is 0 Å². The van der Waals surface area contributed by atoms with Crippen LogP contribution >= 0.6 is 11.6 Å². The second-order valence-electron chi connectivity index (χ2n) is 4.98. The lowest BCUT2D eigenvalue weighted by Crippen LogP contribution is -3.09. The maximum Gasteiger partial charge on any atom is 0.158 e. The second-order valence-corrected chi connectivity index (χ2v) is 5.39. The molecule has 1 heterocycles. The molecule has 1 aromatic carbocycles. The molecule has 2 rings (SSSR count). The van der Waals surface area contributed by atoms with Gasteiger partial charge in [0.1, 0.15) is 25.4 Å². The molecule has 0 aliphatic heterocycles. The number of benzene rings is 1. The van der Waals surface area contributed by atoms with Crippen molar-refractivity contribution in [3.05, 3.63) is 47.2 Å². The summed E-state index contributed by atoms with van der Waals surface area (Å²) in [6.07, 6.45) is 0. The predicted octanol–water partition coefficient (Wildman–Crippen LogP) is 0.808. The summed E-state index contributed by atoms with van der Waals surface area (Å²) in [5.41, 5.74) is 0.952. The summed E-state index contributed by atoms with van der Waals surface area (Å²) in [5, 5.41) is 2.99. The lowest BCUT2D eigenvalue weighted by Gasteiger charge is -2.05. The van der Waals surface area contributed by atoms with E-state index in [0.29, 0.717) is 0 Å². The topological polar surface area (TPSA) is 34.2 Å². The first-order valence-corrected chi connectivity index (χ1v) is 6.99. The van der Waals surface area contributed by atoms with Gasteiger partial charge in [-0.3, -0.25) is 0 Å². The molecule has 0 spiro atoms. The molecule has 0 radical (unpaired) electrons. The first-order chi connectivity index (χ1) is 9.16. The average Bonchev–Trinajstić information content (AvgIpc) is 2.83. The van der Waals surface area contributed by atoms with Crippen LogP contribution in [0.5, 0.6) is 0 Å². The SMILES string of the molecule is C[NH+](C)CC[NH2+]Cc1ccc(-c2ccccc2Cl)o1. The quantitative estimate of drug-likeness (QED) is 0.755. The highest BCUT2D eigenvalue weighted by molar-refractivity contribution is 6.33. The van der Waals surface area contributed by atoms with Gasteiger partial charge < -0.3 is 14.6 Å². The van der Waals surface area contributed by atoms with Crippen LogP contribution < -0.4 is 10.2 Å². The standard InChI is InChI=1S/C15H19ClN2O/c1-18(2)10-9-17-11-12-7-8-15(19-12)13-5-3-4-6-14(13)16/h3-8,17H,9-11H2,1-2H3/p+2. The molecule has 1 aromatic heterocycles. The van der Waals surface area contributed by atoms with Gasteiger partial charge in [-0.1, -0.05) is 23.7 Å². The Hall–Kier alpha value is -1.29. The Kier molecular flexibility index (Phi) is 5.02. The Morgan fingerprint density at radius 1 is 1.16 bits per heavy atom. The van der Waals surface area contributed by atoms with Crippen LogP contribution in [0.2, 0.25) is 5.02 Å². The third-order valence-corrected chi connectivity index (χ3v) is 3.32. The van der Waals surface area contributed by atoms with Gasteiger partial charge >= 0.3 is 0 Å². The summed E-state index contributed by atoms with van der Waals surface area (Å²) in [7, 11) is 4.33. The maximum atomic E-state index is 6.16. The molecule has 3 nitrogen and oxygen atoms in total. The number of hydrogen-bond donors (Lipinski definition) is 2. The average molecular weight is 281 g/mol. The van der Waals surface area contributed by atoms with Crippen molar-refractivity contribution in [1.82, 2.24) is 0 Å². The number of rotatable bonds is 6. The van der Waals surface area contributed by atoms with Crippen LogP contribution in [-0.2, 0) is 6.54 Å². The Bertz CT molecular complexity index is 522. The van der Waals surface area contributed by atoms with Crippen LogP contribution in [0.1, 0.15) is 5.76 Å². The molecule has 0 saturated carbocycles. The first kappa shape index (κ1) is 14.1. The molecule has 0 bridgehead atoms. The molecule has 4 heteroatoms. The zero-order chi connectivity index (χ0) is 13.7. The minimum Gasteiger partial charge on any atom is -0.455 e. The lowest BCUT2D eigenvalue weighted by molar-refractivity contribution is -0.875. The summed E-state index contributed by atoms with van der Waals surface area (Å²) >= 11 is 6.16. The van der Waals surface area contributed by atoms with E-state index in [0.717, 1.165) is 41.7 Å². The Morgan fingerprint density at radius 3 is 2.68 bits per heavy atom. The monoisotopic (exact) mass is 280 g/mol. The van der Waals surface area contributed by atoms with Gasteiger partial charge in [-0.15, -0.1) is 0 Å². The number of hydrogen-bond acceptors (Lipinski definition) is 1. The number of likely N-dealkylation sites (N-methyl/N-ethyl adjacent to an activating group) is 1. The maximum absolute atomic E-state index is 6.16. The van der Waals surface area contributed by atoms with E-state index in [4.69, 9.17) is 16.0 Å². The molecule has 0 fully saturated rings. The molecule has 102 valence electrons. The summed E-state index contributed by atoms with van der Waals surface area (Å²) in [4.78, 5) is 1.47. The number of nitrogens with two attached hydrogens (primary N) is 1. The van der Waals surface area contributed by atoms with Gasteiger partial charge in [-0.2, -0.15) is 0 Å². The summed E-state index contributed by atoms with van der Waals surface area (Å²) < 4.78 is 5.84. The Labute approximate surface area is 119 Å². The lowest BCUT2D eigenvalue weighted by atomic mass is 10.2. The number of quaternary nitrogens is 2. The Morgan fingerprint density at radius 2 is 1.95 bits per heavy atom. The smallest absolute Gasteiger partial charge is 0.158 e. The number of nitrogens with one attached hydrogen (secondary N) is 1. The highest BCUT2D eigenvalue weighted by Gasteiger charge is 2.08. The largest absolute Gasteiger partial charge is 0.455 e. The van der Waals surface area contributed by atoms with Gasteiger partial charge in [0.2, 0.25) is 0 Å². The first-order valence-electron chi connectivity index (χ1n) is 6.61. The van der Waals surface area contributed by atoms with Crippen molar-refractivity contribution in [1.29, 1.82) is 0 Å². The normalized spacial score (nSPS) is 11.2. The highest BCUT2D eigenvalue weighted by Crippen LogP contribution is 2.28. The fourth-order valence-corrected chi connectivity index (χ4v) is 2.16. The molecule has 0 aliphatic carbocycles. The summed E-state index contributed by atoms with van der Waals surface area (Å²) in [6, 6.07) is 11.8. The molecular formula is C15H21ClN2O+2. The van der Waals surface area contributed by atoms with Crippen LogP contribution in [0.4, 0.5) is 0 Å². The zero-order valence-corrected chi connectivity index (χ0v) is 12.2. The Balaban J connectivity index is 1.94. The van der Waals surface area contributed by atoms with E-state index in [1.54, 1.807) is 0 Å². The van der Waals surface area contributed by atoms with Gasteiger partial charge in [0.15, 0.2) is 5.76 Å². The fraction of sp³-hybridized carbons (Fsp3) is 0.333. The number of furan rings is 1. The van der Waals surface area contributed by atoms with Crippen LogP contribution in [0, 0.1) is 0 Å². The van der Waals surface area contributed by atoms with Gasteiger partial charge in [0.05, 0.1) is 19.1 Å². The van der Waals surface area contributed by atoms with E-state index in [1.165, 1.54) is 4.90 Å². The van der Waals surface area contributed by atoms with Crippen molar-refractivity contribution in [2.45, 2.75) is 6.54 Å². The van der Waals surface area contributed by atoms with E-state index in [-0.39, 0.29) is 0 Å². The molecule has 0 aliphatic rings. The zero-order valence-electron chi connectivity index (χ0n) is 11.4. The van der Waals surface area contributed by atoms with Gasteiger partial charge in [0, 0.05) is 5.56 Å². The summed E-state index contributed by atoms with van der Waals surface area (Å²) in [6.45, 7) is 3.13. The van der Waals surface area contributed by atoms with Gasteiger partial charge in [0.25, 0.3) is 0 Å². The van der Waals surface area contributed by atoms with E-state index in [1.807, 2.05) is 36.4 Å². The van der Waals surface area contributed by atoms with Crippen molar-refractivity contribution in [3.63, 3.8) is 0 Å². The van der Waals surface area contributed by atoms with E-state index in [2.05, 4.69) is 19.4 Å². The minimum atomic E-state index is 0.726. The molecule has 3 N–H and O–H groups in total. The van der Waals surface area contributed by atoms with E-state index in [9.17, 15) is 0 Å². The van der Waals surface area contributed by atoms with Crippen molar-refractivity contribution >= 4 is 11.6 Å². The third-order valence-electron chi connectivity index (χ3n) is 2.99.